The summed E-state index contributed by atoms with van der Waals surface area (Å²) >= 11 is 0. The molecule has 0 atom stereocenters. The molecule has 0 aliphatic rings. The van der Waals surface area contributed by atoms with Crippen LogP contribution < -0.4 is 14.8 Å². The molecule has 3 aromatic rings. The van der Waals surface area contributed by atoms with Crippen LogP contribution in [0.15, 0.2) is 78.9 Å². The number of rotatable bonds is 10. The van der Waals surface area contributed by atoms with Crippen LogP contribution in [-0.2, 0) is 22.4 Å². The van der Waals surface area contributed by atoms with E-state index in [1.165, 1.54) is 12.1 Å². The molecular formula is C27H27NO5. The minimum Gasteiger partial charge on any atom is -0.422 e. The predicted octanol–water partition coefficient (Wildman–Crippen LogP) is 4.16. The summed E-state index contributed by atoms with van der Waals surface area (Å²) < 4.78 is 11.0. The molecule has 0 aliphatic carbocycles. The molecule has 1 N–H and O–H groups in total. The lowest BCUT2D eigenvalue weighted by molar-refractivity contribution is -0.136. The van der Waals surface area contributed by atoms with Crippen LogP contribution in [0.3, 0.4) is 0 Å². The fraction of sp³-hybridized carbons (Fsp3) is 0.222. The maximum Gasteiger partial charge on any atom is 0.315 e. The number of carbonyl (C=O) groups is 3. The molecule has 0 unspecified atom stereocenters. The van der Waals surface area contributed by atoms with Crippen molar-refractivity contribution in [1.82, 2.24) is 5.32 Å². The molecule has 3 rings (SSSR count). The number of nitrogens with one attached hydrogen (secondary N) is 1. The van der Waals surface area contributed by atoms with Crippen LogP contribution >= 0.6 is 0 Å². The van der Waals surface area contributed by atoms with Crippen molar-refractivity contribution in [2.45, 2.75) is 32.7 Å². The zero-order valence-electron chi connectivity index (χ0n) is 18.7. The number of Topliss-reactive ketones (excluding diaryl/α,β-unsaturated/α-hetero) is 1. The Kier molecular flexibility index (Phi) is 8.49. The van der Waals surface area contributed by atoms with Crippen molar-refractivity contribution >= 4 is 17.7 Å². The Morgan fingerprint density at radius 1 is 0.727 bits per heavy atom. The van der Waals surface area contributed by atoms with Crippen LogP contribution in [0.4, 0.5) is 0 Å². The summed E-state index contributed by atoms with van der Waals surface area (Å²) in [6, 6.07) is 23.0. The van der Waals surface area contributed by atoms with Gasteiger partial charge in [0.2, 0.25) is 0 Å². The normalized spacial score (nSPS) is 10.6. The molecule has 0 spiro atoms. The molecule has 170 valence electrons. The van der Waals surface area contributed by atoms with Gasteiger partial charge in [-0.25, -0.2) is 0 Å². The Hall–Kier alpha value is -3.77. The summed E-state index contributed by atoms with van der Waals surface area (Å²) in [6.45, 7) is 4.03. The topological polar surface area (TPSA) is 81.7 Å². The van der Waals surface area contributed by atoms with Gasteiger partial charge in [0, 0.05) is 11.6 Å². The van der Waals surface area contributed by atoms with Gasteiger partial charge < -0.3 is 14.8 Å². The van der Waals surface area contributed by atoms with Crippen molar-refractivity contribution in [2.24, 2.45) is 0 Å². The lowest BCUT2D eigenvalue weighted by atomic mass is 10.1. The first kappa shape index (κ1) is 23.9. The van der Waals surface area contributed by atoms with Gasteiger partial charge in [0.25, 0.3) is 0 Å². The van der Waals surface area contributed by atoms with Crippen LogP contribution in [0.2, 0.25) is 0 Å². The molecule has 0 amide bonds. The first-order chi connectivity index (χ1) is 15.9. The summed E-state index contributed by atoms with van der Waals surface area (Å²) in [5, 5.41) is 3.07. The van der Waals surface area contributed by atoms with Crippen LogP contribution in [0.1, 0.15) is 35.3 Å². The molecule has 3 aromatic carbocycles. The van der Waals surface area contributed by atoms with E-state index in [4.69, 9.17) is 9.47 Å². The molecular weight excluding hydrogens is 418 g/mol. The summed E-state index contributed by atoms with van der Waals surface area (Å²) in [6.07, 6.45) is 0.114. The van der Waals surface area contributed by atoms with Crippen molar-refractivity contribution < 1.29 is 23.9 Å². The second kappa shape index (κ2) is 11.7. The first-order valence-electron chi connectivity index (χ1n) is 10.8. The molecule has 0 aliphatic heterocycles. The van der Waals surface area contributed by atoms with Crippen molar-refractivity contribution in [3.63, 3.8) is 0 Å². The molecule has 0 bridgehead atoms. The monoisotopic (exact) mass is 445 g/mol. The molecule has 0 aromatic heterocycles. The second-order valence-corrected chi connectivity index (χ2v) is 7.89. The average molecular weight is 446 g/mol. The van der Waals surface area contributed by atoms with E-state index in [9.17, 15) is 14.4 Å². The van der Waals surface area contributed by atoms with Gasteiger partial charge in [-0.05, 0) is 29.3 Å². The number of ether oxygens (including phenoxy) is 2. The third-order valence-electron chi connectivity index (χ3n) is 4.77. The number of carbonyl (C=O) groups excluding carboxylic acids is 3. The van der Waals surface area contributed by atoms with Crippen molar-refractivity contribution in [1.29, 1.82) is 0 Å². The predicted molar refractivity (Wildman–Crippen MR) is 125 cm³/mol. The van der Waals surface area contributed by atoms with Gasteiger partial charge in [-0.15, -0.1) is 0 Å². The Labute approximate surface area is 193 Å². The van der Waals surface area contributed by atoms with Crippen molar-refractivity contribution in [3.05, 3.63) is 95.6 Å². The Bertz CT molecular complexity index is 1090. The fourth-order valence-electron chi connectivity index (χ4n) is 3.09. The van der Waals surface area contributed by atoms with Gasteiger partial charge in [-0.2, -0.15) is 0 Å². The number of benzene rings is 3. The quantitative estimate of drug-likeness (QED) is 0.287. The molecule has 0 radical (unpaired) electrons. The maximum absolute atomic E-state index is 12.5. The summed E-state index contributed by atoms with van der Waals surface area (Å²) in [4.78, 5) is 37.6. The number of hydrogen-bond donors (Lipinski definition) is 1. The van der Waals surface area contributed by atoms with Crippen LogP contribution in [-0.4, -0.2) is 30.3 Å². The van der Waals surface area contributed by atoms with Crippen LogP contribution in [0, 0.1) is 0 Å². The minimum atomic E-state index is -0.522. The molecule has 0 saturated carbocycles. The number of hydrogen-bond acceptors (Lipinski definition) is 6. The fourth-order valence-corrected chi connectivity index (χ4v) is 3.09. The number of ketones is 1. The zero-order chi connectivity index (χ0) is 23.6. The van der Waals surface area contributed by atoms with Gasteiger partial charge >= 0.3 is 11.9 Å². The molecule has 0 heterocycles. The highest BCUT2D eigenvalue weighted by molar-refractivity contribution is 5.98. The molecule has 0 saturated heterocycles. The van der Waals surface area contributed by atoms with Gasteiger partial charge in [0.15, 0.2) is 17.3 Å². The van der Waals surface area contributed by atoms with E-state index < -0.39 is 11.9 Å². The molecule has 6 nitrogen and oxygen atoms in total. The third kappa shape index (κ3) is 7.70. The summed E-state index contributed by atoms with van der Waals surface area (Å²) in [5.41, 5.74) is 1.95. The van der Waals surface area contributed by atoms with Gasteiger partial charge in [0.05, 0.1) is 19.4 Å². The van der Waals surface area contributed by atoms with E-state index in [1.807, 2.05) is 74.5 Å². The van der Waals surface area contributed by atoms with Crippen LogP contribution in [0.25, 0.3) is 0 Å². The summed E-state index contributed by atoms with van der Waals surface area (Å²) in [7, 11) is 0. The van der Waals surface area contributed by atoms with Gasteiger partial charge in [0.1, 0.15) is 0 Å². The zero-order valence-corrected chi connectivity index (χ0v) is 18.7. The maximum atomic E-state index is 12.5. The Morgan fingerprint density at radius 2 is 1.24 bits per heavy atom. The summed E-state index contributed by atoms with van der Waals surface area (Å²) in [5.74, 6) is -1.06. The molecule has 33 heavy (non-hydrogen) atoms. The van der Waals surface area contributed by atoms with E-state index in [-0.39, 0.29) is 42.7 Å². The Balaban J connectivity index is 1.78. The van der Waals surface area contributed by atoms with Gasteiger partial charge in [-0.1, -0.05) is 74.5 Å². The highest BCUT2D eigenvalue weighted by Gasteiger charge is 2.18. The van der Waals surface area contributed by atoms with Crippen molar-refractivity contribution in [2.75, 3.05) is 6.54 Å². The molecule has 0 fully saturated rings. The molecule has 6 heteroatoms. The smallest absolute Gasteiger partial charge is 0.315 e. The number of esters is 2. The van der Waals surface area contributed by atoms with E-state index in [0.29, 0.717) is 5.56 Å². The van der Waals surface area contributed by atoms with E-state index in [1.54, 1.807) is 6.07 Å². The largest absolute Gasteiger partial charge is 0.422 e. The highest BCUT2D eigenvalue weighted by atomic mass is 16.6. The second-order valence-electron chi connectivity index (χ2n) is 7.89. The highest BCUT2D eigenvalue weighted by Crippen LogP contribution is 2.29. The lowest BCUT2D eigenvalue weighted by Crippen LogP contribution is -2.29. The third-order valence-corrected chi connectivity index (χ3v) is 4.77. The van der Waals surface area contributed by atoms with Gasteiger partial charge in [-0.3, -0.25) is 14.4 Å². The van der Waals surface area contributed by atoms with E-state index >= 15 is 0 Å². The average Bonchev–Trinajstić information content (AvgIpc) is 2.79. The SMILES string of the molecule is CC(C)NCC(=O)c1ccc(OC(=O)Cc2ccccc2)c(OC(=O)Cc2ccccc2)c1. The van der Waals surface area contributed by atoms with Crippen LogP contribution in [0.5, 0.6) is 11.5 Å². The van der Waals surface area contributed by atoms with E-state index in [2.05, 4.69) is 5.32 Å². The van der Waals surface area contributed by atoms with Crippen molar-refractivity contribution in [3.8, 4) is 11.5 Å². The Morgan fingerprint density at radius 3 is 1.76 bits per heavy atom. The standard InChI is InChI=1S/C27H27NO5/c1-19(2)28-18-23(29)22-13-14-24(32-26(30)15-20-9-5-3-6-10-20)25(17-22)33-27(31)16-21-11-7-4-8-12-21/h3-14,17,19,28H,15-16,18H2,1-2H3. The minimum absolute atomic E-state index is 0.0349. The lowest BCUT2D eigenvalue weighted by Gasteiger charge is -2.13. The first-order valence-corrected chi connectivity index (χ1v) is 10.8. The van der Waals surface area contributed by atoms with E-state index in [0.717, 1.165) is 11.1 Å².